The third-order valence-electron chi connectivity index (χ3n) is 8.42. The van der Waals surface area contributed by atoms with Gasteiger partial charge in [-0.3, -0.25) is 23.9 Å². The van der Waals surface area contributed by atoms with Crippen molar-refractivity contribution < 1.29 is 40.8 Å². The summed E-state index contributed by atoms with van der Waals surface area (Å²) < 4.78 is 62.2. The van der Waals surface area contributed by atoms with Gasteiger partial charge in [-0.2, -0.15) is 17.0 Å². The van der Waals surface area contributed by atoms with Crippen molar-refractivity contribution in [2.75, 3.05) is 39.0 Å². The number of benzene rings is 2. The van der Waals surface area contributed by atoms with Crippen molar-refractivity contribution in [3.8, 4) is 5.75 Å². The molecular weight excluding hydrogens is 715 g/mol. The van der Waals surface area contributed by atoms with Gasteiger partial charge in [-0.1, -0.05) is 39.8 Å². The van der Waals surface area contributed by atoms with Crippen molar-refractivity contribution in [1.82, 2.24) is 29.9 Å². The van der Waals surface area contributed by atoms with E-state index in [9.17, 15) is 36.0 Å². The lowest BCUT2D eigenvalue weighted by atomic mass is 10.0. The minimum Gasteiger partial charge on any atom is -0.497 e. The minimum atomic E-state index is -4.44. The van der Waals surface area contributed by atoms with Gasteiger partial charge in [0.05, 0.1) is 18.6 Å². The van der Waals surface area contributed by atoms with E-state index in [1.165, 1.54) is 52.4 Å². The average Bonchev–Trinajstić information content (AvgIpc) is 3.06. The molecule has 16 nitrogen and oxygen atoms in total. The highest BCUT2D eigenvalue weighted by molar-refractivity contribution is 7.90. The lowest BCUT2D eigenvalue weighted by molar-refractivity contribution is -0.133. The summed E-state index contributed by atoms with van der Waals surface area (Å²) in [4.78, 5) is 54.2. The molecule has 2 aromatic carbocycles. The van der Waals surface area contributed by atoms with Crippen LogP contribution in [0.25, 0.3) is 0 Å². The number of rotatable bonds is 11. The van der Waals surface area contributed by atoms with Gasteiger partial charge < -0.3 is 26.0 Å². The van der Waals surface area contributed by atoms with Crippen LogP contribution in [-0.4, -0.2) is 108 Å². The average molecular weight is 766 g/mol. The van der Waals surface area contributed by atoms with Gasteiger partial charge in [0.15, 0.2) is 0 Å². The van der Waals surface area contributed by atoms with E-state index < -0.39 is 74.6 Å². The highest BCUT2D eigenvalue weighted by Crippen LogP contribution is 2.21. The van der Waals surface area contributed by atoms with Crippen molar-refractivity contribution in [3.05, 3.63) is 54.1 Å². The van der Waals surface area contributed by atoms with Crippen LogP contribution in [0.5, 0.6) is 5.75 Å². The van der Waals surface area contributed by atoms with Crippen LogP contribution < -0.4 is 30.7 Å². The molecule has 2 aromatic rings. The summed E-state index contributed by atoms with van der Waals surface area (Å²) in [7, 11) is -4.10. The van der Waals surface area contributed by atoms with E-state index in [0.717, 1.165) is 8.61 Å². The predicted molar refractivity (Wildman–Crippen MR) is 196 cm³/mol. The monoisotopic (exact) mass is 765 g/mol. The molecule has 288 valence electrons. The summed E-state index contributed by atoms with van der Waals surface area (Å²) in [6, 6.07) is 7.73. The Morgan fingerprint density at radius 1 is 0.827 bits per heavy atom. The first kappa shape index (κ1) is 42.2. The maximum atomic E-state index is 14.1. The number of hydrogen-bond donors (Lipinski definition) is 5. The Morgan fingerprint density at radius 3 is 1.96 bits per heavy atom. The van der Waals surface area contributed by atoms with E-state index in [-0.39, 0.29) is 41.8 Å². The normalized spacial score (nSPS) is 21.8. The molecule has 1 heterocycles. The van der Waals surface area contributed by atoms with Crippen LogP contribution in [0.15, 0.2) is 53.4 Å². The zero-order valence-corrected chi connectivity index (χ0v) is 32.4. The molecular formula is C34H51N7O9S2. The van der Waals surface area contributed by atoms with Crippen molar-refractivity contribution in [1.29, 1.82) is 0 Å². The Balaban J connectivity index is 2.03. The highest BCUT2D eigenvalue weighted by atomic mass is 32.2. The number of anilines is 1. The second kappa shape index (κ2) is 18.0. The first-order valence-electron chi connectivity index (χ1n) is 16.9. The third kappa shape index (κ3) is 11.6. The Labute approximate surface area is 306 Å². The number of methoxy groups -OCH3 is 1. The van der Waals surface area contributed by atoms with Crippen LogP contribution in [0.1, 0.15) is 46.6 Å². The lowest BCUT2D eigenvalue weighted by Crippen LogP contribution is -2.57. The van der Waals surface area contributed by atoms with Crippen LogP contribution in [0, 0.1) is 11.8 Å². The summed E-state index contributed by atoms with van der Waals surface area (Å²) in [6.07, 6.45) is 0.241. The fourth-order valence-electron chi connectivity index (χ4n) is 5.24. The second-order valence-corrected chi connectivity index (χ2v) is 17.5. The van der Waals surface area contributed by atoms with Gasteiger partial charge in [0, 0.05) is 38.8 Å². The molecule has 0 spiro atoms. The molecule has 5 N–H and O–H groups in total. The molecule has 1 fully saturated rings. The van der Waals surface area contributed by atoms with Gasteiger partial charge in [-0.15, -0.1) is 0 Å². The summed E-state index contributed by atoms with van der Waals surface area (Å²) in [5, 5.41) is 10.9. The zero-order chi connectivity index (χ0) is 39.0. The summed E-state index contributed by atoms with van der Waals surface area (Å²) in [5.41, 5.74) is 0.809. The maximum absolute atomic E-state index is 14.1. The van der Waals surface area contributed by atoms with E-state index in [4.69, 9.17) is 4.74 Å². The van der Waals surface area contributed by atoms with Crippen LogP contribution in [-0.2, 0) is 45.8 Å². The predicted octanol–water partition coefficient (Wildman–Crippen LogP) is 0.822. The topological polar surface area (TPSA) is 212 Å². The third-order valence-corrected chi connectivity index (χ3v) is 11.7. The molecule has 0 unspecified atom stereocenters. The second-order valence-electron chi connectivity index (χ2n) is 13.7. The standard InChI is InChI=1S/C34H51N7O9S2/c1-21(2)17-28-34(45)37-29(18-24-9-13-26(50-8)14-10-24)33(44)35-23(5)32(43)38-30(22(3)4)19-41(20-31(42)36-28)51(46,47)27-15-11-25(12-16-27)39-52(48,49)40(6)7/h9-16,21-23,28-30,39H,17-20H2,1-8H3,(H,35,44)(H,36,42)(H,37,45)(H,38,43)/t23-,28+,29+,30-/m1/s1. The molecule has 0 saturated carbocycles. The smallest absolute Gasteiger partial charge is 0.301 e. The Morgan fingerprint density at radius 2 is 1.42 bits per heavy atom. The highest BCUT2D eigenvalue weighted by Gasteiger charge is 2.35. The molecule has 4 amide bonds. The quantitative estimate of drug-likeness (QED) is 0.219. The van der Waals surface area contributed by atoms with Gasteiger partial charge in [-0.25, -0.2) is 8.42 Å². The van der Waals surface area contributed by atoms with Gasteiger partial charge in [0.1, 0.15) is 23.9 Å². The molecule has 4 atom stereocenters. The fraction of sp³-hybridized carbons (Fsp3) is 0.529. The minimum absolute atomic E-state index is 0.0638. The number of hydrogen-bond acceptors (Lipinski definition) is 9. The van der Waals surface area contributed by atoms with Crippen molar-refractivity contribution in [3.63, 3.8) is 0 Å². The van der Waals surface area contributed by atoms with Crippen molar-refractivity contribution in [2.45, 2.75) is 76.5 Å². The molecule has 18 heteroatoms. The molecule has 0 aromatic heterocycles. The summed E-state index contributed by atoms with van der Waals surface area (Å²) in [5.74, 6) is -2.48. The van der Waals surface area contributed by atoms with Gasteiger partial charge in [0.2, 0.25) is 33.7 Å². The summed E-state index contributed by atoms with van der Waals surface area (Å²) >= 11 is 0. The number of nitrogens with zero attached hydrogens (tertiary/aromatic N) is 2. The zero-order valence-electron chi connectivity index (χ0n) is 30.8. The van der Waals surface area contributed by atoms with Crippen molar-refractivity contribution >= 4 is 49.5 Å². The van der Waals surface area contributed by atoms with Crippen molar-refractivity contribution in [2.24, 2.45) is 11.8 Å². The van der Waals surface area contributed by atoms with Crippen LogP contribution >= 0.6 is 0 Å². The molecule has 0 aliphatic carbocycles. The number of carbonyl (C=O) groups is 4. The fourth-order valence-corrected chi connectivity index (χ4v) is 7.28. The Kier molecular flexibility index (Phi) is 14.6. The molecule has 1 aliphatic heterocycles. The first-order chi connectivity index (χ1) is 24.2. The van der Waals surface area contributed by atoms with Crippen LogP contribution in [0.4, 0.5) is 5.69 Å². The molecule has 0 radical (unpaired) electrons. The van der Waals surface area contributed by atoms with Gasteiger partial charge in [-0.05, 0) is 67.1 Å². The van der Waals surface area contributed by atoms with Crippen LogP contribution in [0.2, 0.25) is 0 Å². The summed E-state index contributed by atoms with van der Waals surface area (Å²) in [6.45, 7) is 7.66. The Hall–Kier alpha value is -4.26. The number of sulfonamides is 1. The number of carbonyl (C=O) groups excluding carboxylic acids is 4. The molecule has 1 saturated heterocycles. The molecule has 3 rings (SSSR count). The van der Waals surface area contributed by atoms with Gasteiger partial charge in [0.25, 0.3) is 0 Å². The maximum Gasteiger partial charge on any atom is 0.301 e. The van der Waals surface area contributed by atoms with E-state index in [1.54, 1.807) is 38.1 Å². The number of amides is 4. The van der Waals surface area contributed by atoms with E-state index in [1.807, 2.05) is 13.8 Å². The molecule has 52 heavy (non-hydrogen) atoms. The van der Waals surface area contributed by atoms with Crippen LogP contribution in [0.3, 0.4) is 0 Å². The number of nitrogens with one attached hydrogen (secondary N) is 5. The first-order valence-corrected chi connectivity index (χ1v) is 19.7. The Bertz CT molecular complexity index is 1780. The lowest BCUT2D eigenvalue weighted by Gasteiger charge is -2.30. The van der Waals surface area contributed by atoms with E-state index >= 15 is 0 Å². The molecule has 0 bridgehead atoms. The van der Waals surface area contributed by atoms with E-state index in [2.05, 4.69) is 26.0 Å². The molecule has 1 aliphatic rings. The largest absolute Gasteiger partial charge is 0.497 e. The van der Waals surface area contributed by atoms with Gasteiger partial charge >= 0.3 is 10.2 Å². The van der Waals surface area contributed by atoms with E-state index in [0.29, 0.717) is 11.3 Å². The SMILES string of the molecule is COc1ccc(C[C@@H]2NC(=O)[C@H](CC(C)C)NC(=O)CN(S(=O)(=O)c3ccc(NS(=O)(=O)N(C)C)cc3)C[C@H](C(C)C)NC(=O)[C@@H](C)NC2=O)cc1. The number of ether oxygens (including phenoxy) is 1.